The second-order valence-corrected chi connectivity index (χ2v) is 19.4. The van der Waals surface area contributed by atoms with Crippen molar-refractivity contribution in [2.24, 2.45) is 63.1 Å². The molecule has 8 aliphatic carbocycles. The monoisotopic (exact) mass is 706 g/mol. The Morgan fingerprint density at radius 2 is 1.22 bits per heavy atom. The Morgan fingerprint density at radius 1 is 0.686 bits per heavy atom. The maximum absolute atomic E-state index is 14.3. The van der Waals surface area contributed by atoms with Crippen molar-refractivity contribution in [2.45, 2.75) is 148 Å². The highest BCUT2D eigenvalue weighted by Crippen LogP contribution is 2.69. The highest BCUT2D eigenvalue weighted by atomic mass is 16.4. The van der Waals surface area contributed by atoms with Gasteiger partial charge in [-0.25, -0.2) is 0 Å². The number of carbonyl (C=O) groups is 4. The molecule has 280 valence electrons. The van der Waals surface area contributed by atoms with Gasteiger partial charge in [0.1, 0.15) is 17.8 Å². The second-order valence-electron chi connectivity index (χ2n) is 19.4. The van der Waals surface area contributed by atoms with E-state index < -0.39 is 58.3 Å². The van der Waals surface area contributed by atoms with Gasteiger partial charge in [0, 0.05) is 24.2 Å². The number of hydrogen-bond donors (Lipinski definition) is 5. The first-order chi connectivity index (χ1) is 23.9. The molecule has 6 fully saturated rings. The zero-order valence-electron chi connectivity index (χ0n) is 30.8. The summed E-state index contributed by atoms with van der Waals surface area (Å²) in [6, 6.07) is 0. The predicted molar refractivity (Wildman–Crippen MR) is 187 cm³/mol. The van der Waals surface area contributed by atoms with E-state index in [4.69, 9.17) is 0 Å². The van der Waals surface area contributed by atoms with Crippen LogP contribution in [-0.2, 0) is 19.2 Å². The Morgan fingerprint density at radius 3 is 1.78 bits per heavy atom. The van der Waals surface area contributed by atoms with Crippen LogP contribution in [0.2, 0.25) is 0 Å². The molecule has 0 aromatic carbocycles. The van der Waals surface area contributed by atoms with Crippen LogP contribution in [0.4, 0.5) is 0 Å². The quantitative estimate of drug-likeness (QED) is 0.281. The summed E-state index contributed by atoms with van der Waals surface area (Å²) >= 11 is 0. The van der Waals surface area contributed by atoms with Gasteiger partial charge in [-0.1, -0.05) is 38.8 Å². The lowest BCUT2D eigenvalue weighted by molar-refractivity contribution is -0.190. The average Bonchev–Trinajstić information content (AvgIpc) is 3.56. The normalized spacial score (nSPS) is 51.4. The molecule has 0 radical (unpaired) electrons. The van der Waals surface area contributed by atoms with Gasteiger partial charge in [-0.15, -0.1) is 0 Å². The molecule has 9 heteroatoms. The third-order valence-corrected chi connectivity index (χ3v) is 17.6. The average molecular weight is 707 g/mol. The summed E-state index contributed by atoms with van der Waals surface area (Å²) in [6.07, 6.45) is 5.74. The molecule has 0 spiro atoms. The van der Waals surface area contributed by atoms with E-state index in [-0.39, 0.29) is 70.7 Å². The summed E-state index contributed by atoms with van der Waals surface area (Å²) in [4.78, 5) is 53.0. The van der Waals surface area contributed by atoms with E-state index in [1.807, 2.05) is 13.8 Å². The van der Waals surface area contributed by atoms with Crippen LogP contribution in [0.25, 0.3) is 0 Å². The molecule has 0 amide bonds. The van der Waals surface area contributed by atoms with E-state index in [9.17, 15) is 44.7 Å². The zero-order chi connectivity index (χ0) is 36.6. The van der Waals surface area contributed by atoms with Gasteiger partial charge >= 0.3 is 0 Å². The minimum absolute atomic E-state index is 0.0136. The number of fused-ring (bicyclic) bond motifs is 10. The van der Waals surface area contributed by atoms with Crippen molar-refractivity contribution in [3.63, 3.8) is 0 Å². The maximum Gasteiger partial charge on any atom is 0.196 e. The number of allylic oxidation sites excluding steroid dienone is 2. The molecule has 6 saturated carbocycles. The van der Waals surface area contributed by atoms with E-state index in [2.05, 4.69) is 13.8 Å². The molecule has 8 aliphatic rings. The summed E-state index contributed by atoms with van der Waals surface area (Å²) in [5.74, 6) is -1.82. The minimum Gasteiger partial charge on any atom is -0.393 e. The van der Waals surface area contributed by atoms with E-state index in [1.165, 1.54) is 0 Å². The van der Waals surface area contributed by atoms with Crippen LogP contribution in [0.3, 0.4) is 0 Å². The Labute approximate surface area is 301 Å². The molecule has 5 N–H and O–H groups in total. The summed E-state index contributed by atoms with van der Waals surface area (Å²) in [7, 11) is 0. The third-order valence-electron chi connectivity index (χ3n) is 17.6. The molecule has 0 heterocycles. The van der Waals surface area contributed by atoms with Crippen LogP contribution in [0.15, 0.2) is 23.3 Å². The Kier molecular flexibility index (Phi) is 8.27. The Balaban J connectivity index is 1.00. The fraction of sp³-hybridized carbons (Fsp3) is 0.810. The van der Waals surface area contributed by atoms with Gasteiger partial charge < -0.3 is 25.5 Å². The third kappa shape index (κ3) is 4.76. The van der Waals surface area contributed by atoms with Crippen LogP contribution in [0.1, 0.15) is 118 Å². The second kappa shape index (κ2) is 11.7. The molecule has 0 aromatic heterocycles. The number of aliphatic hydroxyl groups excluding tert-OH is 4. The van der Waals surface area contributed by atoms with Crippen LogP contribution in [-0.4, -0.2) is 78.7 Å². The van der Waals surface area contributed by atoms with Gasteiger partial charge in [-0.2, -0.15) is 0 Å². The van der Waals surface area contributed by atoms with Gasteiger partial charge in [0.2, 0.25) is 0 Å². The van der Waals surface area contributed by atoms with Crippen LogP contribution in [0, 0.1) is 63.1 Å². The van der Waals surface area contributed by atoms with E-state index in [0.29, 0.717) is 44.9 Å². The molecule has 0 bridgehead atoms. The van der Waals surface area contributed by atoms with E-state index in [1.54, 1.807) is 12.2 Å². The molecule has 9 nitrogen and oxygen atoms in total. The Hall–Kier alpha value is -2.04. The largest absolute Gasteiger partial charge is 0.393 e. The predicted octanol–water partition coefficient (Wildman–Crippen LogP) is 4.20. The smallest absolute Gasteiger partial charge is 0.196 e. The van der Waals surface area contributed by atoms with Gasteiger partial charge in [-0.3, -0.25) is 19.2 Å². The highest BCUT2D eigenvalue weighted by Gasteiger charge is 2.70. The molecule has 0 aliphatic heterocycles. The molecule has 0 aromatic rings. The number of carbonyl (C=O) groups excluding carboxylic acids is 4. The lowest BCUT2D eigenvalue weighted by Gasteiger charge is -2.60. The van der Waals surface area contributed by atoms with Crippen molar-refractivity contribution in [2.75, 3.05) is 0 Å². The first-order valence-electron chi connectivity index (χ1n) is 19.9. The van der Waals surface area contributed by atoms with Gasteiger partial charge in [0.25, 0.3) is 0 Å². The molecular formula is C42H58O9. The molecule has 0 saturated heterocycles. The number of rotatable bonds is 5. The molecule has 16 atom stereocenters. The van der Waals surface area contributed by atoms with Crippen molar-refractivity contribution in [3.05, 3.63) is 23.3 Å². The van der Waals surface area contributed by atoms with Crippen LogP contribution in [0.5, 0.6) is 0 Å². The van der Waals surface area contributed by atoms with Crippen molar-refractivity contribution in [1.82, 2.24) is 0 Å². The van der Waals surface area contributed by atoms with Crippen molar-refractivity contribution < 1.29 is 44.7 Å². The highest BCUT2D eigenvalue weighted by molar-refractivity contribution is 5.99. The summed E-state index contributed by atoms with van der Waals surface area (Å²) < 4.78 is 0. The van der Waals surface area contributed by atoms with E-state index in [0.717, 1.165) is 43.3 Å². The number of hydrogen-bond acceptors (Lipinski definition) is 9. The van der Waals surface area contributed by atoms with Crippen LogP contribution >= 0.6 is 0 Å². The maximum atomic E-state index is 14.3. The molecular weight excluding hydrogens is 648 g/mol. The summed E-state index contributed by atoms with van der Waals surface area (Å²) in [5, 5.41) is 58.9. The first-order valence-corrected chi connectivity index (χ1v) is 19.9. The molecule has 8 rings (SSSR count). The summed E-state index contributed by atoms with van der Waals surface area (Å²) in [6.45, 7) is 8.18. The van der Waals surface area contributed by atoms with Crippen LogP contribution < -0.4 is 0 Å². The van der Waals surface area contributed by atoms with Crippen molar-refractivity contribution in [3.8, 4) is 0 Å². The lowest BCUT2D eigenvalue weighted by Crippen LogP contribution is -2.64. The number of aliphatic hydroxyl groups is 5. The van der Waals surface area contributed by atoms with Gasteiger partial charge in [0.15, 0.2) is 23.1 Å². The first kappa shape index (κ1) is 36.0. The lowest BCUT2D eigenvalue weighted by atomic mass is 9.45. The minimum atomic E-state index is -2.11. The van der Waals surface area contributed by atoms with E-state index >= 15 is 0 Å². The fourth-order valence-corrected chi connectivity index (χ4v) is 15.0. The van der Waals surface area contributed by atoms with Crippen molar-refractivity contribution in [1.29, 1.82) is 0 Å². The topological polar surface area (TPSA) is 169 Å². The van der Waals surface area contributed by atoms with Gasteiger partial charge in [0.05, 0.1) is 12.2 Å². The number of ketones is 4. The SMILES string of the molecule is C[C@]12C[C@H](O)[C@H]3[C@@H](CCC4=CC(=O)CC[C@@]43C)[C@@H]1CC[C@@H]2C(=O)C(O)C(O)C(=O)[C@@]1(O)CC[C@H]2[C@@H]3CCC4=CC(=O)CC[C@]4(C)[C@H]3[C@@H](O)C[C@@]21C. The summed E-state index contributed by atoms with van der Waals surface area (Å²) in [5.41, 5.74) is -2.06. The Bertz CT molecular complexity index is 1610. The fourth-order valence-electron chi connectivity index (χ4n) is 15.0. The standard InChI is InChI=1S/C42H58O9/c1-38-14-11-23(43)17-21(38)5-7-25-27-9-10-29(40(27,3)19-30(45)32(25)38)34(47)35(48)36(49)37(50)42(51)16-13-28-26-8-6-22-18-24(44)12-15-39(22,2)33(26)31(46)20-41(28,42)4/h17-18,25-33,35-36,45-46,48-49,51H,5-16,19-20H2,1-4H3/t25-,26-,27-,28-,29+,30-,31-,32+,33+,35?,36?,38-,39-,40-,41-,42-/m0/s1. The number of Topliss-reactive ketones (excluding diaryl/α,β-unsaturated/α-hetero) is 2. The van der Waals surface area contributed by atoms with Gasteiger partial charge in [-0.05, 0) is 141 Å². The molecule has 2 unspecified atom stereocenters. The zero-order valence-corrected chi connectivity index (χ0v) is 30.8. The molecule has 51 heavy (non-hydrogen) atoms. The van der Waals surface area contributed by atoms with Crippen molar-refractivity contribution >= 4 is 23.1 Å².